The summed E-state index contributed by atoms with van der Waals surface area (Å²) in [4.78, 5) is 14.4. The Morgan fingerprint density at radius 3 is 2.86 bits per heavy atom. The zero-order valence-corrected chi connectivity index (χ0v) is 9.43. The third-order valence-electron chi connectivity index (χ3n) is 1.74. The van der Waals surface area contributed by atoms with Gasteiger partial charge in [-0.15, -0.1) is 0 Å². The van der Waals surface area contributed by atoms with Crippen LogP contribution in [0.15, 0.2) is 16.8 Å². The first kappa shape index (κ1) is 9.38. The Labute approximate surface area is 93.3 Å². The highest BCUT2D eigenvalue weighted by molar-refractivity contribution is 14.1. The first-order chi connectivity index (χ1) is 6.72. The van der Waals surface area contributed by atoms with Crippen molar-refractivity contribution in [3.8, 4) is 11.5 Å². The van der Waals surface area contributed by atoms with Gasteiger partial charge >= 0.3 is 0 Å². The van der Waals surface area contributed by atoms with Gasteiger partial charge < -0.3 is 4.42 Å². The molecule has 0 aliphatic carbocycles. The molecule has 0 fully saturated rings. The van der Waals surface area contributed by atoms with Gasteiger partial charge in [-0.1, -0.05) is 0 Å². The molecule has 2 aromatic heterocycles. The van der Waals surface area contributed by atoms with Crippen LogP contribution >= 0.6 is 22.6 Å². The Morgan fingerprint density at radius 1 is 1.57 bits per heavy atom. The van der Waals surface area contributed by atoms with E-state index < -0.39 is 0 Å². The Kier molecular flexibility index (Phi) is 2.36. The summed E-state index contributed by atoms with van der Waals surface area (Å²) >= 11 is 2.14. The number of halogens is 1. The van der Waals surface area contributed by atoms with Gasteiger partial charge in [-0.25, -0.2) is 4.98 Å². The Morgan fingerprint density at radius 2 is 2.36 bits per heavy atom. The highest BCUT2D eigenvalue weighted by Gasteiger charge is 2.13. The fourth-order valence-corrected chi connectivity index (χ4v) is 1.53. The van der Waals surface area contributed by atoms with Crippen LogP contribution in [0.2, 0.25) is 0 Å². The van der Waals surface area contributed by atoms with E-state index in [1.165, 1.54) is 6.20 Å². The molecule has 6 heteroatoms. The van der Waals surface area contributed by atoms with Crippen LogP contribution < -0.4 is 0 Å². The summed E-state index contributed by atoms with van der Waals surface area (Å²) < 4.78 is 7.80. The summed E-state index contributed by atoms with van der Waals surface area (Å²) in [6, 6.07) is 0. The molecule has 0 amide bonds. The van der Waals surface area contributed by atoms with Gasteiger partial charge in [0.1, 0.15) is 3.70 Å². The number of aromatic nitrogens is 3. The topological polar surface area (TPSA) is 60.9 Å². The van der Waals surface area contributed by atoms with Gasteiger partial charge in [-0.3, -0.25) is 9.48 Å². The maximum atomic E-state index is 10.4. The van der Waals surface area contributed by atoms with Crippen LogP contribution in [0.3, 0.4) is 0 Å². The second-order valence-electron chi connectivity index (χ2n) is 2.66. The van der Waals surface area contributed by atoms with Crippen LogP contribution in [0.25, 0.3) is 11.5 Å². The molecule has 2 aromatic rings. The summed E-state index contributed by atoms with van der Waals surface area (Å²) in [6.45, 7) is 0. The number of carbonyl (C=O) groups is 1. The first-order valence-electron chi connectivity index (χ1n) is 3.81. The molecule has 14 heavy (non-hydrogen) atoms. The minimum atomic E-state index is 0.222. The molecule has 0 bridgehead atoms. The lowest BCUT2D eigenvalue weighted by Crippen LogP contribution is -1.92. The Bertz CT molecular complexity index is 475. The van der Waals surface area contributed by atoms with Gasteiger partial charge in [0.25, 0.3) is 0 Å². The van der Waals surface area contributed by atoms with Crippen molar-refractivity contribution >= 4 is 28.9 Å². The fraction of sp³-hybridized carbons (Fsp3) is 0.125. The lowest BCUT2D eigenvalue weighted by molar-refractivity contribution is 0.110. The second-order valence-corrected chi connectivity index (χ2v) is 3.68. The van der Waals surface area contributed by atoms with Crippen LogP contribution in [0.5, 0.6) is 0 Å². The van der Waals surface area contributed by atoms with Crippen molar-refractivity contribution in [2.75, 3.05) is 0 Å². The van der Waals surface area contributed by atoms with E-state index in [9.17, 15) is 4.79 Å². The monoisotopic (exact) mass is 303 g/mol. The molecule has 0 aliphatic heterocycles. The molecular weight excluding hydrogens is 297 g/mol. The number of hydrogen-bond acceptors (Lipinski definition) is 4. The lowest BCUT2D eigenvalue weighted by atomic mass is 10.4. The van der Waals surface area contributed by atoms with Crippen molar-refractivity contribution in [3.05, 3.63) is 21.9 Å². The van der Waals surface area contributed by atoms with E-state index in [2.05, 4.69) is 32.7 Å². The highest BCUT2D eigenvalue weighted by Crippen LogP contribution is 2.23. The summed E-state index contributed by atoms with van der Waals surface area (Å²) in [5, 5.41) is 4.05. The molecule has 0 N–H and O–H groups in total. The minimum Gasteiger partial charge on any atom is -0.433 e. The molecule has 72 valence electrons. The van der Waals surface area contributed by atoms with Crippen LogP contribution in [-0.4, -0.2) is 21.1 Å². The van der Waals surface area contributed by atoms with Crippen molar-refractivity contribution in [1.29, 1.82) is 0 Å². The zero-order chi connectivity index (χ0) is 10.1. The van der Waals surface area contributed by atoms with Gasteiger partial charge in [0.05, 0.1) is 18.0 Å². The standard InChI is InChI=1S/C8H6IN3O2/c1-12-7(9)6(3-11-12)8-10-2-5(4-13)14-8/h2-4H,1H3. The van der Waals surface area contributed by atoms with Gasteiger partial charge in [0, 0.05) is 7.05 Å². The molecule has 2 rings (SSSR count). The number of aldehydes is 1. The molecule has 0 aromatic carbocycles. The molecule has 0 unspecified atom stereocenters. The molecule has 0 saturated heterocycles. The van der Waals surface area contributed by atoms with E-state index in [0.29, 0.717) is 12.2 Å². The van der Waals surface area contributed by atoms with Crippen LogP contribution in [0, 0.1) is 3.70 Å². The largest absolute Gasteiger partial charge is 0.433 e. The number of rotatable bonds is 2. The number of nitrogens with zero attached hydrogens (tertiary/aromatic N) is 3. The van der Waals surface area contributed by atoms with Crippen molar-refractivity contribution in [2.24, 2.45) is 7.05 Å². The van der Waals surface area contributed by atoms with Crippen molar-refractivity contribution in [2.45, 2.75) is 0 Å². The molecule has 0 aliphatic rings. The van der Waals surface area contributed by atoms with Gasteiger partial charge in [-0.05, 0) is 22.6 Å². The molecule has 2 heterocycles. The van der Waals surface area contributed by atoms with Gasteiger partial charge in [-0.2, -0.15) is 5.10 Å². The number of oxazole rings is 1. The first-order valence-corrected chi connectivity index (χ1v) is 4.89. The van der Waals surface area contributed by atoms with E-state index in [0.717, 1.165) is 9.26 Å². The molecule has 0 atom stereocenters. The summed E-state index contributed by atoms with van der Waals surface area (Å²) in [5.41, 5.74) is 0.793. The lowest BCUT2D eigenvalue weighted by Gasteiger charge is -1.92. The molecule has 5 nitrogen and oxygen atoms in total. The maximum Gasteiger partial charge on any atom is 0.231 e. The van der Waals surface area contributed by atoms with Crippen molar-refractivity contribution in [3.63, 3.8) is 0 Å². The normalized spacial score (nSPS) is 10.4. The summed E-state index contributed by atoms with van der Waals surface area (Å²) in [6.07, 6.45) is 3.67. The highest BCUT2D eigenvalue weighted by atomic mass is 127. The van der Waals surface area contributed by atoms with Crippen molar-refractivity contribution < 1.29 is 9.21 Å². The summed E-state index contributed by atoms with van der Waals surface area (Å²) in [7, 11) is 1.83. The van der Waals surface area contributed by atoms with E-state index >= 15 is 0 Å². The Balaban J connectivity index is 2.49. The van der Waals surface area contributed by atoms with Gasteiger partial charge in [0.15, 0.2) is 12.0 Å². The average molecular weight is 303 g/mol. The third kappa shape index (κ3) is 1.45. The third-order valence-corrected chi connectivity index (χ3v) is 3.02. The predicted molar refractivity (Wildman–Crippen MR) is 56.8 cm³/mol. The average Bonchev–Trinajstić information content (AvgIpc) is 2.75. The number of hydrogen-bond donors (Lipinski definition) is 0. The SMILES string of the molecule is Cn1ncc(-c2ncc(C=O)o2)c1I. The maximum absolute atomic E-state index is 10.4. The predicted octanol–water partition coefficient (Wildman–Crippen LogP) is 1.49. The van der Waals surface area contributed by atoms with E-state index in [-0.39, 0.29) is 5.76 Å². The van der Waals surface area contributed by atoms with Gasteiger partial charge in [0.2, 0.25) is 5.89 Å². The van der Waals surface area contributed by atoms with Crippen molar-refractivity contribution in [1.82, 2.24) is 14.8 Å². The fourth-order valence-electron chi connectivity index (χ4n) is 1.03. The molecule has 0 radical (unpaired) electrons. The van der Waals surface area contributed by atoms with Crippen LogP contribution in [0.1, 0.15) is 10.6 Å². The Hall–Kier alpha value is -1.18. The smallest absolute Gasteiger partial charge is 0.231 e. The second kappa shape index (κ2) is 3.52. The molecular formula is C8H6IN3O2. The molecule has 0 spiro atoms. The molecule has 0 saturated carbocycles. The van der Waals surface area contributed by atoms with E-state index in [1.807, 2.05) is 7.05 Å². The van der Waals surface area contributed by atoms with Crippen LogP contribution in [-0.2, 0) is 7.05 Å². The quantitative estimate of drug-likeness (QED) is 0.623. The number of carbonyl (C=O) groups excluding carboxylic acids is 1. The number of aryl methyl sites for hydroxylation is 1. The summed E-state index contributed by atoms with van der Waals surface area (Å²) in [5.74, 6) is 0.643. The zero-order valence-electron chi connectivity index (χ0n) is 7.27. The van der Waals surface area contributed by atoms with E-state index in [1.54, 1.807) is 10.9 Å². The minimum absolute atomic E-state index is 0.222. The van der Waals surface area contributed by atoms with E-state index in [4.69, 9.17) is 4.42 Å². The van der Waals surface area contributed by atoms with Crippen LogP contribution in [0.4, 0.5) is 0 Å².